The summed E-state index contributed by atoms with van der Waals surface area (Å²) in [6.45, 7) is 1.99. The van der Waals surface area contributed by atoms with E-state index in [1.807, 2.05) is 13.0 Å². The fraction of sp³-hybridized carbons (Fsp3) is 0.286. The minimum Gasteiger partial charge on any atom is -0.294 e. The van der Waals surface area contributed by atoms with Gasteiger partial charge in [-0.1, -0.05) is 24.6 Å². The molecule has 0 aliphatic rings. The van der Waals surface area contributed by atoms with Crippen LogP contribution in [-0.4, -0.2) is 15.6 Å². The molecular weight excluding hydrogens is 267 g/mol. The molecule has 0 atom stereocenters. The van der Waals surface area contributed by atoms with E-state index in [0.29, 0.717) is 0 Å². The first-order valence-electron chi connectivity index (χ1n) is 6.02. The van der Waals surface area contributed by atoms with Crippen molar-refractivity contribution in [2.24, 2.45) is 7.05 Å². The predicted molar refractivity (Wildman–Crippen MR) is 72.0 cm³/mol. The number of aryl methyl sites for hydroxylation is 2. The van der Waals surface area contributed by atoms with Gasteiger partial charge in [-0.15, -0.1) is 0 Å². The molecule has 19 heavy (non-hydrogen) atoms. The fourth-order valence-corrected chi connectivity index (χ4v) is 2.20. The van der Waals surface area contributed by atoms with Gasteiger partial charge in [0.05, 0.1) is 22.7 Å². The average molecular weight is 281 g/mol. The Morgan fingerprint density at radius 2 is 2.21 bits per heavy atom. The predicted octanol–water partition coefficient (Wildman–Crippen LogP) is 3.20. The van der Waals surface area contributed by atoms with Crippen molar-refractivity contribution in [2.75, 3.05) is 0 Å². The number of benzene rings is 1. The number of rotatable bonds is 4. The molecule has 0 saturated heterocycles. The maximum absolute atomic E-state index is 13.6. The quantitative estimate of drug-likeness (QED) is 0.806. The van der Waals surface area contributed by atoms with Gasteiger partial charge < -0.3 is 0 Å². The molecule has 0 spiro atoms. The molecule has 0 amide bonds. The Morgan fingerprint density at radius 3 is 2.79 bits per heavy atom. The summed E-state index contributed by atoms with van der Waals surface area (Å²) in [4.78, 5) is 12.1. The van der Waals surface area contributed by atoms with Crippen molar-refractivity contribution in [1.82, 2.24) is 9.78 Å². The van der Waals surface area contributed by atoms with E-state index in [4.69, 9.17) is 11.6 Å². The first-order chi connectivity index (χ1) is 9.02. The van der Waals surface area contributed by atoms with Crippen molar-refractivity contribution >= 4 is 17.4 Å². The fourth-order valence-electron chi connectivity index (χ4n) is 1.93. The molecule has 1 heterocycles. The van der Waals surface area contributed by atoms with Crippen LogP contribution in [0.3, 0.4) is 0 Å². The Balaban J connectivity index is 2.28. The number of halogens is 2. The molecule has 0 fully saturated rings. The number of hydrogen-bond acceptors (Lipinski definition) is 2. The lowest BCUT2D eigenvalue weighted by Crippen LogP contribution is -2.10. The van der Waals surface area contributed by atoms with Crippen LogP contribution in [-0.2, 0) is 19.9 Å². The molecular formula is C14H14ClFN2O. The summed E-state index contributed by atoms with van der Waals surface area (Å²) in [6.07, 6.45) is 0.882. The van der Waals surface area contributed by atoms with Crippen LogP contribution in [0.4, 0.5) is 4.39 Å². The highest BCUT2D eigenvalue weighted by Crippen LogP contribution is 2.21. The smallest absolute Gasteiger partial charge is 0.173 e. The van der Waals surface area contributed by atoms with Crippen LogP contribution in [0.15, 0.2) is 24.3 Å². The number of carbonyl (C=O) groups is 1. The maximum atomic E-state index is 13.6. The van der Waals surface area contributed by atoms with Crippen LogP contribution in [0.5, 0.6) is 0 Å². The minimum absolute atomic E-state index is 0.0524. The van der Waals surface area contributed by atoms with E-state index in [1.165, 1.54) is 18.2 Å². The standard InChI is InChI=1S/C14H14ClFN2O/c1-3-9-7-10(18(2)17-9)8-13(19)14-11(15)5-4-6-12(14)16/h4-7H,3,8H2,1-2H3. The molecule has 100 valence electrons. The lowest BCUT2D eigenvalue weighted by molar-refractivity contribution is 0.0987. The van der Waals surface area contributed by atoms with E-state index in [0.717, 1.165) is 17.8 Å². The highest BCUT2D eigenvalue weighted by atomic mass is 35.5. The Hall–Kier alpha value is -1.68. The van der Waals surface area contributed by atoms with Gasteiger partial charge >= 0.3 is 0 Å². The van der Waals surface area contributed by atoms with Crippen LogP contribution in [0, 0.1) is 5.82 Å². The molecule has 2 aromatic rings. The van der Waals surface area contributed by atoms with Crippen molar-refractivity contribution in [3.05, 3.63) is 52.1 Å². The molecule has 0 unspecified atom stereocenters. The lowest BCUT2D eigenvalue weighted by Gasteiger charge is -2.05. The summed E-state index contributed by atoms with van der Waals surface area (Å²) in [6, 6.07) is 6.08. The zero-order valence-corrected chi connectivity index (χ0v) is 11.5. The van der Waals surface area contributed by atoms with Crippen molar-refractivity contribution in [1.29, 1.82) is 0 Å². The summed E-state index contributed by atoms with van der Waals surface area (Å²) in [7, 11) is 1.77. The molecule has 0 aliphatic carbocycles. The number of carbonyl (C=O) groups excluding carboxylic acids is 1. The monoisotopic (exact) mass is 280 g/mol. The number of aromatic nitrogens is 2. The van der Waals surface area contributed by atoms with Gasteiger partial charge in [0.25, 0.3) is 0 Å². The van der Waals surface area contributed by atoms with E-state index in [1.54, 1.807) is 11.7 Å². The maximum Gasteiger partial charge on any atom is 0.173 e. The van der Waals surface area contributed by atoms with Crippen LogP contribution >= 0.6 is 11.6 Å². The van der Waals surface area contributed by atoms with E-state index in [2.05, 4.69) is 5.10 Å². The SMILES string of the molecule is CCc1cc(CC(=O)c2c(F)cccc2Cl)n(C)n1. The average Bonchev–Trinajstić information content (AvgIpc) is 2.70. The molecule has 0 aliphatic heterocycles. The molecule has 5 heteroatoms. The Kier molecular flexibility index (Phi) is 4.00. The molecule has 0 saturated carbocycles. The van der Waals surface area contributed by atoms with Gasteiger partial charge in [0, 0.05) is 12.7 Å². The molecule has 1 aromatic heterocycles. The van der Waals surface area contributed by atoms with Crippen molar-refractivity contribution in [2.45, 2.75) is 19.8 Å². The molecule has 2 rings (SSSR count). The molecule has 0 N–H and O–H groups in total. The highest BCUT2D eigenvalue weighted by Gasteiger charge is 2.17. The number of hydrogen-bond donors (Lipinski definition) is 0. The van der Waals surface area contributed by atoms with Crippen LogP contribution < -0.4 is 0 Å². The minimum atomic E-state index is -0.588. The van der Waals surface area contributed by atoms with Gasteiger partial charge in [0.2, 0.25) is 0 Å². The molecule has 0 bridgehead atoms. The highest BCUT2D eigenvalue weighted by molar-refractivity contribution is 6.34. The van der Waals surface area contributed by atoms with E-state index in [-0.39, 0.29) is 22.8 Å². The first kappa shape index (κ1) is 13.7. The second-order valence-corrected chi connectivity index (χ2v) is 4.71. The Morgan fingerprint density at radius 1 is 1.47 bits per heavy atom. The summed E-state index contributed by atoms with van der Waals surface area (Å²) in [5.74, 6) is -0.927. The Bertz CT molecular complexity index is 602. The van der Waals surface area contributed by atoms with Crippen molar-refractivity contribution in [3.8, 4) is 0 Å². The number of Topliss-reactive ketones (excluding diaryl/α,β-unsaturated/α-hetero) is 1. The molecule has 3 nitrogen and oxygen atoms in total. The summed E-state index contributed by atoms with van der Waals surface area (Å²) in [5.41, 5.74) is 1.61. The van der Waals surface area contributed by atoms with Gasteiger partial charge in [0.1, 0.15) is 5.82 Å². The molecule has 0 radical (unpaired) electrons. The van der Waals surface area contributed by atoms with E-state index < -0.39 is 5.82 Å². The van der Waals surface area contributed by atoms with Gasteiger partial charge in [-0.2, -0.15) is 5.10 Å². The summed E-state index contributed by atoms with van der Waals surface area (Å²) >= 11 is 5.88. The van der Waals surface area contributed by atoms with Gasteiger partial charge in [0.15, 0.2) is 5.78 Å². The number of ketones is 1. The largest absolute Gasteiger partial charge is 0.294 e. The summed E-state index contributed by atoms with van der Waals surface area (Å²) in [5, 5.41) is 4.40. The Labute approximate surface area is 116 Å². The third kappa shape index (κ3) is 2.84. The van der Waals surface area contributed by atoms with Crippen molar-refractivity contribution in [3.63, 3.8) is 0 Å². The normalized spacial score (nSPS) is 10.7. The third-order valence-corrected chi connectivity index (χ3v) is 3.29. The van der Waals surface area contributed by atoms with Crippen molar-refractivity contribution < 1.29 is 9.18 Å². The van der Waals surface area contributed by atoms with Gasteiger partial charge in [-0.3, -0.25) is 9.48 Å². The first-order valence-corrected chi connectivity index (χ1v) is 6.39. The van der Waals surface area contributed by atoms with Gasteiger partial charge in [-0.25, -0.2) is 4.39 Å². The summed E-state index contributed by atoms with van der Waals surface area (Å²) < 4.78 is 15.3. The lowest BCUT2D eigenvalue weighted by atomic mass is 10.1. The van der Waals surface area contributed by atoms with Crippen LogP contribution in [0.2, 0.25) is 5.02 Å². The molecule has 1 aromatic carbocycles. The van der Waals surface area contributed by atoms with E-state index >= 15 is 0 Å². The third-order valence-electron chi connectivity index (χ3n) is 2.97. The number of nitrogens with zero attached hydrogens (tertiary/aromatic N) is 2. The zero-order valence-electron chi connectivity index (χ0n) is 10.8. The van der Waals surface area contributed by atoms with E-state index in [9.17, 15) is 9.18 Å². The topological polar surface area (TPSA) is 34.9 Å². The zero-order chi connectivity index (χ0) is 14.0. The van der Waals surface area contributed by atoms with Gasteiger partial charge in [-0.05, 0) is 24.6 Å². The second-order valence-electron chi connectivity index (χ2n) is 4.30. The van der Waals surface area contributed by atoms with Crippen LogP contribution in [0.1, 0.15) is 28.7 Å². The second kappa shape index (κ2) is 5.53. The van der Waals surface area contributed by atoms with Crippen LogP contribution in [0.25, 0.3) is 0 Å².